The Balaban J connectivity index is 2.19. The lowest BCUT2D eigenvalue weighted by Gasteiger charge is -2.40. The second-order valence-electron chi connectivity index (χ2n) is 4.36. The molecule has 0 radical (unpaired) electrons. The van der Waals surface area contributed by atoms with Crippen LogP contribution in [-0.4, -0.2) is 56.7 Å². The summed E-state index contributed by atoms with van der Waals surface area (Å²) >= 11 is 6.94. The quantitative estimate of drug-likeness (QED) is 0.427. The molecule has 10 heteroatoms. The third kappa shape index (κ3) is 3.78. The Labute approximate surface area is 129 Å². The second kappa shape index (κ2) is 7.28. The molecule has 0 amide bonds. The summed E-state index contributed by atoms with van der Waals surface area (Å²) in [6.07, 6.45) is -0.465. The predicted molar refractivity (Wildman–Crippen MR) is 75.8 cm³/mol. The molecule has 0 aromatic carbocycles. The summed E-state index contributed by atoms with van der Waals surface area (Å²) in [4.78, 5) is 7.16. The van der Waals surface area contributed by atoms with E-state index in [2.05, 4.69) is 15.0 Å². The Hall–Kier alpha value is -1.06. The van der Waals surface area contributed by atoms with Crippen molar-refractivity contribution in [2.75, 3.05) is 6.61 Å². The lowest BCUT2D eigenvalue weighted by molar-refractivity contribution is -0.159. The number of azide groups is 1. The maximum atomic E-state index is 10.2. The molecular formula is C11H13ClN4O4S. The maximum Gasteiger partial charge on any atom is 0.134 e. The van der Waals surface area contributed by atoms with Crippen LogP contribution in [0.15, 0.2) is 28.5 Å². The first kappa shape index (κ1) is 16.3. The molecule has 0 spiro atoms. The molecule has 2 rings (SSSR count). The molecular weight excluding hydrogens is 320 g/mol. The smallest absolute Gasteiger partial charge is 0.134 e. The van der Waals surface area contributed by atoms with Crippen molar-refractivity contribution in [1.82, 2.24) is 4.98 Å². The van der Waals surface area contributed by atoms with Crippen molar-refractivity contribution in [1.29, 1.82) is 0 Å². The van der Waals surface area contributed by atoms with E-state index in [1.54, 1.807) is 6.07 Å². The third-order valence-electron chi connectivity index (χ3n) is 2.97. The lowest BCUT2D eigenvalue weighted by atomic mass is 9.98. The Kier molecular flexibility index (Phi) is 5.65. The number of pyridine rings is 1. The van der Waals surface area contributed by atoms with Gasteiger partial charge in [-0.3, -0.25) is 4.98 Å². The molecule has 0 bridgehead atoms. The highest BCUT2D eigenvalue weighted by Gasteiger charge is 2.44. The van der Waals surface area contributed by atoms with E-state index in [0.29, 0.717) is 9.92 Å². The number of aliphatic hydroxyl groups excluding tert-OH is 3. The fourth-order valence-electron chi connectivity index (χ4n) is 1.95. The maximum absolute atomic E-state index is 10.2. The molecule has 114 valence electrons. The van der Waals surface area contributed by atoms with E-state index in [1.165, 1.54) is 12.4 Å². The minimum atomic E-state index is -1.28. The van der Waals surface area contributed by atoms with Crippen LogP contribution in [-0.2, 0) is 4.74 Å². The van der Waals surface area contributed by atoms with E-state index < -0.39 is 36.4 Å². The molecule has 8 nitrogen and oxygen atoms in total. The number of aromatic nitrogens is 1. The number of halogens is 1. The van der Waals surface area contributed by atoms with Crippen molar-refractivity contribution < 1.29 is 20.1 Å². The van der Waals surface area contributed by atoms with Gasteiger partial charge in [-0.15, -0.1) is 0 Å². The molecule has 1 aromatic rings. The van der Waals surface area contributed by atoms with E-state index in [0.717, 1.165) is 11.8 Å². The normalized spacial score (nSPS) is 32.5. The summed E-state index contributed by atoms with van der Waals surface area (Å²) in [5.41, 5.74) is 7.69. The molecule has 2 heterocycles. The predicted octanol–water partition coefficient (Wildman–Crippen LogP) is 0.945. The largest absolute Gasteiger partial charge is 0.394 e. The van der Waals surface area contributed by atoms with E-state index in [9.17, 15) is 15.3 Å². The molecule has 1 saturated heterocycles. The summed E-state index contributed by atoms with van der Waals surface area (Å²) in [5.74, 6) is 0. The highest BCUT2D eigenvalue weighted by molar-refractivity contribution is 7.99. The fourth-order valence-corrected chi connectivity index (χ4v) is 3.27. The molecule has 0 aliphatic carbocycles. The number of ether oxygens (including phenoxy) is 1. The molecule has 0 saturated carbocycles. The van der Waals surface area contributed by atoms with Gasteiger partial charge in [0.1, 0.15) is 17.6 Å². The number of hydrogen-bond donors (Lipinski definition) is 3. The zero-order chi connectivity index (χ0) is 15.4. The number of thioether (sulfide) groups is 1. The van der Waals surface area contributed by atoms with Gasteiger partial charge in [0.2, 0.25) is 0 Å². The van der Waals surface area contributed by atoms with Gasteiger partial charge in [-0.25, -0.2) is 0 Å². The second-order valence-corrected chi connectivity index (χ2v) is 5.97. The Morgan fingerprint density at radius 3 is 2.81 bits per heavy atom. The van der Waals surface area contributed by atoms with Crippen LogP contribution in [0.3, 0.4) is 0 Å². The van der Waals surface area contributed by atoms with Gasteiger partial charge >= 0.3 is 0 Å². The van der Waals surface area contributed by atoms with Crippen molar-refractivity contribution in [2.45, 2.75) is 34.7 Å². The molecule has 1 aliphatic rings. The number of rotatable bonds is 4. The first-order valence-corrected chi connectivity index (χ1v) is 7.26. The minimum Gasteiger partial charge on any atom is -0.394 e. The van der Waals surface area contributed by atoms with Crippen LogP contribution in [0.5, 0.6) is 0 Å². The van der Waals surface area contributed by atoms with Crippen molar-refractivity contribution in [2.24, 2.45) is 5.11 Å². The summed E-state index contributed by atoms with van der Waals surface area (Å²) in [6.45, 7) is -0.462. The van der Waals surface area contributed by atoms with Gasteiger partial charge in [-0.1, -0.05) is 28.5 Å². The summed E-state index contributed by atoms with van der Waals surface area (Å²) in [7, 11) is 0. The highest BCUT2D eigenvalue weighted by atomic mass is 35.5. The average molecular weight is 333 g/mol. The Morgan fingerprint density at radius 1 is 1.43 bits per heavy atom. The van der Waals surface area contributed by atoms with Gasteiger partial charge in [-0.05, 0) is 11.6 Å². The van der Waals surface area contributed by atoms with Crippen LogP contribution >= 0.6 is 23.4 Å². The van der Waals surface area contributed by atoms with Crippen LogP contribution < -0.4 is 0 Å². The zero-order valence-corrected chi connectivity index (χ0v) is 12.2. The SMILES string of the molecule is [N-]=[N+]=NC1C(O)[C@@H](Sc2cncc(Cl)c2)OC(CO)[C@@H]1O. The van der Waals surface area contributed by atoms with Crippen molar-refractivity contribution >= 4 is 23.4 Å². The highest BCUT2D eigenvalue weighted by Crippen LogP contribution is 2.34. The van der Waals surface area contributed by atoms with Crippen molar-refractivity contribution in [3.8, 4) is 0 Å². The number of hydrogen-bond acceptors (Lipinski definition) is 7. The summed E-state index contributed by atoms with van der Waals surface area (Å²) < 4.78 is 5.44. The number of aliphatic hydroxyl groups is 3. The molecule has 1 aliphatic heterocycles. The molecule has 1 fully saturated rings. The first-order valence-electron chi connectivity index (χ1n) is 6.00. The standard InChI is InChI=1S/C11H13ClN4O4S/c12-5-1-6(3-14-2-5)21-11-10(19)8(15-16-13)9(18)7(4-17)20-11/h1-3,7-11,17-19H,4H2/t7?,8?,9-,10?,11+/m0/s1. The van der Waals surface area contributed by atoms with Crippen molar-refractivity contribution in [3.63, 3.8) is 0 Å². The lowest BCUT2D eigenvalue weighted by Crippen LogP contribution is -2.56. The molecule has 21 heavy (non-hydrogen) atoms. The summed E-state index contributed by atoms with van der Waals surface area (Å²) in [5, 5.41) is 33.1. The van der Waals surface area contributed by atoms with E-state index in [-0.39, 0.29) is 0 Å². The van der Waals surface area contributed by atoms with Crippen LogP contribution in [0.25, 0.3) is 10.4 Å². The third-order valence-corrected chi connectivity index (χ3v) is 4.29. The topological polar surface area (TPSA) is 132 Å². The van der Waals surface area contributed by atoms with E-state index >= 15 is 0 Å². The van der Waals surface area contributed by atoms with Crippen molar-refractivity contribution in [3.05, 3.63) is 33.9 Å². The monoisotopic (exact) mass is 332 g/mol. The Morgan fingerprint density at radius 2 is 2.19 bits per heavy atom. The van der Waals surface area contributed by atoms with Gasteiger partial charge in [0.25, 0.3) is 0 Å². The molecule has 3 N–H and O–H groups in total. The van der Waals surface area contributed by atoms with Crippen LogP contribution in [0.4, 0.5) is 0 Å². The van der Waals surface area contributed by atoms with E-state index in [1.807, 2.05) is 0 Å². The molecule has 1 aromatic heterocycles. The summed E-state index contributed by atoms with van der Waals surface area (Å²) in [6, 6.07) is 0.530. The van der Waals surface area contributed by atoms with Gasteiger partial charge in [0.05, 0.1) is 23.8 Å². The molecule has 5 atom stereocenters. The number of nitrogens with zero attached hydrogens (tertiary/aromatic N) is 4. The van der Waals surface area contributed by atoms with Crippen LogP contribution in [0.2, 0.25) is 5.02 Å². The van der Waals surface area contributed by atoms with E-state index in [4.69, 9.17) is 21.9 Å². The van der Waals surface area contributed by atoms with Crippen LogP contribution in [0, 0.1) is 0 Å². The van der Waals surface area contributed by atoms with Gasteiger partial charge in [0, 0.05) is 22.2 Å². The van der Waals surface area contributed by atoms with Gasteiger partial charge < -0.3 is 20.1 Å². The molecule has 3 unspecified atom stereocenters. The minimum absolute atomic E-state index is 0.427. The Bertz CT molecular complexity index is 545. The zero-order valence-electron chi connectivity index (χ0n) is 10.7. The average Bonchev–Trinajstić information content (AvgIpc) is 2.46. The van der Waals surface area contributed by atoms with Gasteiger partial charge in [-0.2, -0.15) is 0 Å². The van der Waals surface area contributed by atoms with Gasteiger partial charge in [0.15, 0.2) is 0 Å². The first-order chi connectivity index (χ1) is 10.1. The fraction of sp³-hybridized carbons (Fsp3) is 0.545. The van der Waals surface area contributed by atoms with Crippen LogP contribution in [0.1, 0.15) is 0 Å².